The minimum Gasteiger partial charge on any atom is -0.478 e. The van der Waals surface area contributed by atoms with Gasteiger partial charge in [0, 0.05) is 23.0 Å². The summed E-state index contributed by atoms with van der Waals surface area (Å²) in [5.74, 6) is -0.858. The van der Waals surface area contributed by atoms with Crippen molar-refractivity contribution in [1.29, 1.82) is 0 Å². The number of halogens is 1. The van der Waals surface area contributed by atoms with E-state index in [9.17, 15) is 9.90 Å². The molecule has 98 valence electrons. The lowest BCUT2D eigenvalue weighted by Crippen LogP contribution is -2.56. The predicted molar refractivity (Wildman–Crippen MR) is 76.3 cm³/mol. The number of nitrogens with zero attached hydrogens (tertiary/aromatic N) is 1. The number of carboxylic acids is 1. The van der Waals surface area contributed by atoms with Gasteiger partial charge in [-0.2, -0.15) is 0 Å². The van der Waals surface area contributed by atoms with E-state index in [1.165, 1.54) is 0 Å². The number of aromatic carboxylic acids is 1. The molecule has 3 nitrogen and oxygen atoms in total. The average molecular weight is 312 g/mol. The number of anilines is 1. The van der Waals surface area contributed by atoms with E-state index < -0.39 is 5.97 Å². The summed E-state index contributed by atoms with van der Waals surface area (Å²) in [7, 11) is 0. The normalized spacial score (nSPS) is 17.4. The monoisotopic (exact) mass is 311 g/mol. The molecule has 0 bridgehead atoms. The van der Waals surface area contributed by atoms with Crippen LogP contribution in [-0.4, -0.2) is 24.2 Å². The molecule has 4 heteroatoms. The molecule has 1 heterocycles. The van der Waals surface area contributed by atoms with Crippen LogP contribution in [0.4, 0.5) is 5.69 Å². The number of carboxylic acid groups (broad SMARTS) is 1. The molecular weight excluding hydrogens is 294 g/mol. The van der Waals surface area contributed by atoms with Crippen molar-refractivity contribution in [2.75, 3.05) is 18.0 Å². The van der Waals surface area contributed by atoms with Crippen LogP contribution >= 0.6 is 15.9 Å². The summed E-state index contributed by atoms with van der Waals surface area (Å²) in [6, 6.07) is 5.35. The fourth-order valence-electron chi connectivity index (χ4n) is 2.58. The highest BCUT2D eigenvalue weighted by molar-refractivity contribution is 9.10. The predicted octanol–water partition coefficient (Wildman–Crippen LogP) is 3.77. The fourth-order valence-corrected chi connectivity index (χ4v) is 2.93. The molecule has 0 unspecified atom stereocenters. The first-order chi connectivity index (χ1) is 8.51. The molecule has 0 radical (unpaired) electrons. The van der Waals surface area contributed by atoms with Crippen molar-refractivity contribution in [1.82, 2.24) is 0 Å². The SMILES string of the molecule is CCC1(CC)CN(c2cc(Br)ccc2C(=O)O)C1. The summed E-state index contributed by atoms with van der Waals surface area (Å²) in [5, 5.41) is 9.23. The molecule has 1 aliphatic heterocycles. The van der Waals surface area contributed by atoms with Crippen LogP contribution in [0.5, 0.6) is 0 Å². The van der Waals surface area contributed by atoms with Gasteiger partial charge in [0.2, 0.25) is 0 Å². The Morgan fingerprint density at radius 1 is 1.39 bits per heavy atom. The molecule has 1 aliphatic rings. The maximum Gasteiger partial charge on any atom is 0.337 e. The van der Waals surface area contributed by atoms with E-state index in [4.69, 9.17) is 0 Å². The Balaban J connectivity index is 2.25. The van der Waals surface area contributed by atoms with Crippen molar-refractivity contribution in [3.8, 4) is 0 Å². The molecule has 1 saturated heterocycles. The number of benzene rings is 1. The van der Waals surface area contributed by atoms with Gasteiger partial charge in [-0.15, -0.1) is 0 Å². The number of hydrogen-bond acceptors (Lipinski definition) is 2. The standard InChI is InChI=1S/C14H18BrNO2/c1-3-14(4-2)8-16(9-14)12-7-10(15)5-6-11(12)13(17)18/h5-7H,3-4,8-9H2,1-2H3,(H,17,18). The first-order valence-corrected chi connectivity index (χ1v) is 7.08. The van der Waals surface area contributed by atoms with Gasteiger partial charge in [-0.1, -0.05) is 29.8 Å². The van der Waals surface area contributed by atoms with Crippen LogP contribution in [0.2, 0.25) is 0 Å². The third-order valence-electron chi connectivity index (χ3n) is 4.08. The number of rotatable bonds is 4. The topological polar surface area (TPSA) is 40.5 Å². The van der Waals surface area contributed by atoms with Crippen LogP contribution in [0.1, 0.15) is 37.0 Å². The molecule has 0 atom stereocenters. The van der Waals surface area contributed by atoms with E-state index in [0.717, 1.165) is 36.1 Å². The summed E-state index contributed by atoms with van der Waals surface area (Å²) in [5.41, 5.74) is 1.59. The molecule has 0 aromatic heterocycles. The van der Waals surface area contributed by atoms with Crippen LogP contribution in [0.15, 0.2) is 22.7 Å². The van der Waals surface area contributed by atoms with Gasteiger partial charge >= 0.3 is 5.97 Å². The van der Waals surface area contributed by atoms with Gasteiger partial charge in [0.15, 0.2) is 0 Å². The van der Waals surface area contributed by atoms with Crippen molar-refractivity contribution in [3.05, 3.63) is 28.2 Å². The van der Waals surface area contributed by atoms with E-state index in [-0.39, 0.29) is 0 Å². The second kappa shape index (κ2) is 4.92. The highest BCUT2D eigenvalue weighted by Gasteiger charge is 2.40. The van der Waals surface area contributed by atoms with Crippen molar-refractivity contribution in [3.63, 3.8) is 0 Å². The van der Waals surface area contributed by atoms with Gasteiger partial charge < -0.3 is 10.0 Å². The van der Waals surface area contributed by atoms with Crippen molar-refractivity contribution in [2.24, 2.45) is 5.41 Å². The lowest BCUT2D eigenvalue weighted by molar-refractivity contribution is 0.0696. The molecule has 0 spiro atoms. The van der Waals surface area contributed by atoms with Crippen molar-refractivity contribution >= 4 is 27.6 Å². The molecule has 1 N–H and O–H groups in total. The number of carbonyl (C=O) groups is 1. The van der Waals surface area contributed by atoms with Gasteiger partial charge in [-0.25, -0.2) is 4.79 Å². The van der Waals surface area contributed by atoms with Gasteiger partial charge in [0.25, 0.3) is 0 Å². The van der Waals surface area contributed by atoms with E-state index >= 15 is 0 Å². The van der Waals surface area contributed by atoms with Gasteiger partial charge in [0.05, 0.1) is 11.3 Å². The largest absolute Gasteiger partial charge is 0.478 e. The summed E-state index contributed by atoms with van der Waals surface area (Å²) in [6.45, 7) is 6.33. The van der Waals surface area contributed by atoms with Crippen molar-refractivity contribution < 1.29 is 9.90 Å². The zero-order chi connectivity index (χ0) is 13.3. The fraction of sp³-hybridized carbons (Fsp3) is 0.500. The van der Waals surface area contributed by atoms with E-state index in [2.05, 4.69) is 34.7 Å². The molecular formula is C14H18BrNO2. The van der Waals surface area contributed by atoms with Crippen LogP contribution in [0, 0.1) is 5.41 Å². The summed E-state index contributed by atoms with van der Waals surface area (Å²) >= 11 is 3.41. The minimum absolute atomic E-state index is 0.373. The molecule has 0 aliphatic carbocycles. The molecule has 1 fully saturated rings. The average Bonchev–Trinajstić information content (AvgIpc) is 2.28. The molecule has 1 aromatic rings. The zero-order valence-corrected chi connectivity index (χ0v) is 12.3. The third-order valence-corrected chi connectivity index (χ3v) is 4.58. The van der Waals surface area contributed by atoms with Gasteiger partial charge in [0.1, 0.15) is 0 Å². The molecule has 0 amide bonds. The van der Waals surface area contributed by atoms with Gasteiger partial charge in [-0.3, -0.25) is 0 Å². The van der Waals surface area contributed by atoms with Gasteiger partial charge in [-0.05, 0) is 31.0 Å². The van der Waals surface area contributed by atoms with E-state index in [1.54, 1.807) is 12.1 Å². The molecule has 2 rings (SSSR count). The smallest absolute Gasteiger partial charge is 0.337 e. The Hall–Kier alpha value is -1.03. The van der Waals surface area contributed by atoms with Crippen LogP contribution < -0.4 is 4.90 Å². The lowest BCUT2D eigenvalue weighted by Gasteiger charge is -2.51. The summed E-state index contributed by atoms with van der Waals surface area (Å²) in [4.78, 5) is 13.4. The highest BCUT2D eigenvalue weighted by Crippen LogP contribution is 2.41. The second-order valence-corrected chi connectivity index (χ2v) is 5.95. The molecule has 1 aromatic carbocycles. The van der Waals surface area contributed by atoms with E-state index in [1.807, 2.05) is 6.07 Å². The first-order valence-electron chi connectivity index (χ1n) is 6.29. The van der Waals surface area contributed by atoms with Crippen LogP contribution in [-0.2, 0) is 0 Å². The number of hydrogen-bond donors (Lipinski definition) is 1. The Kier molecular flexibility index (Phi) is 3.66. The maximum absolute atomic E-state index is 11.2. The Morgan fingerprint density at radius 2 is 2.00 bits per heavy atom. The van der Waals surface area contributed by atoms with Crippen LogP contribution in [0.25, 0.3) is 0 Å². The summed E-state index contributed by atoms with van der Waals surface area (Å²) < 4.78 is 0.924. The third kappa shape index (κ3) is 2.26. The summed E-state index contributed by atoms with van der Waals surface area (Å²) in [6.07, 6.45) is 2.30. The van der Waals surface area contributed by atoms with Crippen LogP contribution in [0.3, 0.4) is 0 Å². The first kappa shape index (κ1) is 13.4. The lowest BCUT2D eigenvalue weighted by atomic mass is 9.75. The van der Waals surface area contributed by atoms with E-state index in [0.29, 0.717) is 11.0 Å². The second-order valence-electron chi connectivity index (χ2n) is 5.03. The Morgan fingerprint density at radius 3 is 2.50 bits per heavy atom. The molecule has 0 saturated carbocycles. The molecule has 18 heavy (non-hydrogen) atoms. The zero-order valence-electron chi connectivity index (χ0n) is 10.7. The minimum atomic E-state index is -0.858. The van der Waals surface area contributed by atoms with Crippen molar-refractivity contribution in [2.45, 2.75) is 26.7 Å². The Labute approximate surface area is 116 Å². The quantitative estimate of drug-likeness (QED) is 0.920. The maximum atomic E-state index is 11.2. The highest BCUT2D eigenvalue weighted by atomic mass is 79.9. The Bertz CT molecular complexity index is 461.